The molecule has 0 fully saturated rings. The van der Waals surface area contributed by atoms with E-state index in [9.17, 15) is 9.59 Å². The lowest BCUT2D eigenvalue weighted by Crippen LogP contribution is -2.22. The minimum absolute atomic E-state index is 0.154. The Labute approximate surface area is 145 Å². The third-order valence-electron chi connectivity index (χ3n) is 3.88. The number of nitrogens with one attached hydrogen (secondary N) is 1. The zero-order valence-corrected chi connectivity index (χ0v) is 13.7. The first-order chi connectivity index (χ1) is 12.1. The Balaban J connectivity index is 1.93. The van der Waals surface area contributed by atoms with Gasteiger partial charge in [0.15, 0.2) is 5.78 Å². The van der Waals surface area contributed by atoms with Gasteiger partial charge >= 0.3 is 0 Å². The van der Waals surface area contributed by atoms with Crippen LogP contribution in [0.3, 0.4) is 0 Å². The number of hydrogen-bond donors (Lipinski definition) is 1. The second-order valence-corrected chi connectivity index (χ2v) is 5.47. The maximum Gasteiger partial charge on any atom is 0.274 e. The van der Waals surface area contributed by atoms with Crippen molar-refractivity contribution >= 4 is 22.6 Å². The number of hydrogen-bond acceptors (Lipinski definition) is 3. The van der Waals surface area contributed by atoms with Gasteiger partial charge in [-0.2, -0.15) is 0 Å². The molecule has 0 aliphatic carbocycles. The first kappa shape index (κ1) is 16.5. The lowest BCUT2D eigenvalue weighted by atomic mass is 10.00. The van der Waals surface area contributed by atoms with E-state index < -0.39 is 5.91 Å². The Hall–Kier alpha value is -3.36. The number of aromatic nitrogens is 1. The fourth-order valence-electron chi connectivity index (χ4n) is 2.70. The molecule has 2 aromatic carbocycles. The molecule has 25 heavy (non-hydrogen) atoms. The van der Waals surface area contributed by atoms with Crippen LogP contribution in [-0.4, -0.2) is 23.4 Å². The maximum atomic E-state index is 12.8. The number of amides is 1. The highest BCUT2D eigenvalue weighted by Crippen LogP contribution is 2.20. The van der Waals surface area contributed by atoms with Crippen molar-refractivity contribution in [3.8, 4) is 12.3 Å². The normalized spacial score (nSPS) is 10.4. The van der Waals surface area contributed by atoms with Gasteiger partial charge in [-0.15, -0.1) is 6.42 Å². The molecule has 0 aliphatic rings. The molecule has 1 aromatic heterocycles. The van der Waals surface area contributed by atoms with Crippen molar-refractivity contribution in [1.29, 1.82) is 0 Å². The maximum absolute atomic E-state index is 12.8. The van der Waals surface area contributed by atoms with E-state index in [1.807, 2.05) is 29.0 Å². The topological polar surface area (TPSA) is 60.3 Å². The summed E-state index contributed by atoms with van der Waals surface area (Å²) in [5, 5.41) is 0.939. The van der Waals surface area contributed by atoms with Crippen LogP contribution in [0.1, 0.15) is 26.3 Å². The Morgan fingerprint density at radius 2 is 1.88 bits per heavy atom. The van der Waals surface area contributed by atoms with Crippen LogP contribution in [0.5, 0.6) is 0 Å². The fraction of sp³-hybridized carbons (Fsp3) is 0.100. The molecule has 3 rings (SSSR count). The number of carbonyl (C=O) groups excluding carboxylic acids is 2. The number of rotatable bonds is 5. The third kappa shape index (κ3) is 3.30. The number of nitrogens with zero attached hydrogens (tertiary/aromatic N) is 1. The van der Waals surface area contributed by atoms with Crippen molar-refractivity contribution in [2.24, 2.45) is 0 Å². The number of carbonyl (C=O) groups is 2. The Kier molecular flexibility index (Phi) is 4.64. The molecule has 0 aliphatic heterocycles. The molecule has 3 aromatic rings. The summed E-state index contributed by atoms with van der Waals surface area (Å²) in [6, 6.07) is 13.9. The standard InChI is InChI=1S/C20H16N2O3/c1-3-10-22-11-9-14-12-16(7-8-18(14)22)19(23)15-5-4-6-17(13-15)20(24)21-25-2/h1,4-9,11-13H,10H2,2H3,(H,21,24). The quantitative estimate of drug-likeness (QED) is 0.444. The van der Waals surface area contributed by atoms with Gasteiger partial charge in [0.1, 0.15) is 0 Å². The summed E-state index contributed by atoms with van der Waals surface area (Å²) in [5.74, 6) is 2.04. The Morgan fingerprint density at radius 3 is 2.64 bits per heavy atom. The summed E-state index contributed by atoms with van der Waals surface area (Å²) in [7, 11) is 1.36. The molecule has 0 bridgehead atoms. The average Bonchev–Trinajstić information content (AvgIpc) is 3.04. The van der Waals surface area contributed by atoms with E-state index >= 15 is 0 Å². The second-order valence-electron chi connectivity index (χ2n) is 5.47. The monoisotopic (exact) mass is 332 g/mol. The molecule has 0 saturated carbocycles. The zero-order chi connectivity index (χ0) is 17.8. The van der Waals surface area contributed by atoms with E-state index in [0.29, 0.717) is 23.2 Å². The highest BCUT2D eigenvalue weighted by Gasteiger charge is 2.13. The largest absolute Gasteiger partial charge is 0.336 e. The van der Waals surface area contributed by atoms with Crippen molar-refractivity contribution in [3.05, 3.63) is 71.4 Å². The summed E-state index contributed by atoms with van der Waals surface area (Å²) in [6.07, 6.45) is 7.26. The third-order valence-corrected chi connectivity index (χ3v) is 3.88. The van der Waals surface area contributed by atoms with Crippen LogP contribution in [0, 0.1) is 12.3 Å². The highest BCUT2D eigenvalue weighted by atomic mass is 16.6. The average molecular weight is 332 g/mol. The van der Waals surface area contributed by atoms with Gasteiger partial charge in [0.05, 0.1) is 13.7 Å². The molecule has 0 radical (unpaired) electrons. The minimum atomic E-state index is -0.404. The molecule has 1 heterocycles. The van der Waals surface area contributed by atoms with Gasteiger partial charge in [0, 0.05) is 33.8 Å². The Morgan fingerprint density at radius 1 is 1.12 bits per heavy atom. The number of terminal acetylenes is 1. The van der Waals surface area contributed by atoms with Crippen LogP contribution < -0.4 is 5.48 Å². The summed E-state index contributed by atoms with van der Waals surface area (Å²) in [5.41, 5.74) is 4.56. The number of fused-ring (bicyclic) bond motifs is 1. The van der Waals surface area contributed by atoms with Gasteiger partial charge < -0.3 is 4.57 Å². The van der Waals surface area contributed by atoms with Crippen molar-refractivity contribution in [2.75, 3.05) is 7.11 Å². The lowest BCUT2D eigenvalue weighted by molar-refractivity contribution is 0.0537. The number of hydroxylamine groups is 1. The van der Waals surface area contributed by atoms with Crippen LogP contribution in [-0.2, 0) is 11.4 Å². The van der Waals surface area contributed by atoms with Gasteiger partial charge in [0.2, 0.25) is 0 Å². The molecule has 0 saturated heterocycles. The van der Waals surface area contributed by atoms with Gasteiger partial charge in [-0.3, -0.25) is 14.4 Å². The fourth-order valence-corrected chi connectivity index (χ4v) is 2.70. The van der Waals surface area contributed by atoms with Crippen LogP contribution in [0.25, 0.3) is 10.9 Å². The van der Waals surface area contributed by atoms with Crippen molar-refractivity contribution in [2.45, 2.75) is 6.54 Å². The summed E-state index contributed by atoms with van der Waals surface area (Å²) < 4.78 is 1.94. The lowest BCUT2D eigenvalue weighted by Gasteiger charge is -2.06. The molecule has 1 N–H and O–H groups in total. The van der Waals surface area contributed by atoms with E-state index in [1.54, 1.807) is 30.3 Å². The first-order valence-electron chi connectivity index (χ1n) is 7.64. The summed E-state index contributed by atoms with van der Waals surface area (Å²) >= 11 is 0. The molecular weight excluding hydrogens is 316 g/mol. The number of benzene rings is 2. The van der Waals surface area contributed by atoms with E-state index in [0.717, 1.165) is 10.9 Å². The van der Waals surface area contributed by atoms with Crippen LogP contribution in [0.2, 0.25) is 0 Å². The van der Waals surface area contributed by atoms with Gasteiger partial charge in [0.25, 0.3) is 5.91 Å². The SMILES string of the molecule is C#CCn1ccc2cc(C(=O)c3cccc(C(=O)NOC)c3)ccc21. The molecule has 5 nitrogen and oxygen atoms in total. The van der Waals surface area contributed by atoms with E-state index in [2.05, 4.69) is 16.2 Å². The van der Waals surface area contributed by atoms with Crippen LogP contribution in [0.4, 0.5) is 0 Å². The Bertz CT molecular complexity index is 996. The predicted molar refractivity (Wildman–Crippen MR) is 95.1 cm³/mol. The van der Waals surface area contributed by atoms with E-state index in [-0.39, 0.29) is 5.78 Å². The molecule has 0 atom stereocenters. The minimum Gasteiger partial charge on any atom is -0.336 e. The smallest absolute Gasteiger partial charge is 0.274 e. The van der Waals surface area contributed by atoms with Crippen LogP contribution >= 0.6 is 0 Å². The van der Waals surface area contributed by atoms with Crippen molar-refractivity contribution in [3.63, 3.8) is 0 Å². The van der Waals surface area contributed by atoms with Crippen molar-refractivity contribution < 1.29 is 14.4 Å². The zero-order valence-electron chi connectivity index (χ0n) is 13.7. The summed E-state index contributed by atoms with van der Waals surface area (Å²) in [4.78, 5) is 29.2. The molecular formula is C20H16N2O3. The van der Waals surface area contributed by atoms with Crippen molar-refractivity contribution in [1.82, 2.24) is 10.0 Å². The van der Waals surface area contributed by atoms with Gasteiger partial charge in [-0.25, -0.2) is 5.48 Å². The summed E-state index contributed by atoms with van der Waals surface area (Å²) in [6.45, 7) is 0.480. The first-order valence-corrected chi connectivity index (χ1v) is 7.64. The molecule has 0 spiro atoms. The molecule has 5 heteroatoms. The van der Waals surface area contributed by atoms with Crippen LogP contribution in [0.15, 0.2) is 54.7 Å². The molecule has 1 amide bonds. The van der Waals surface area contributed by atoms with Gasteiger partial charge in [-0.05, 0) is 36.4 Å². The molecule has 124 valence electrons. The predicted octanol–water partition coefficient (Wildman–Crippen LogP) is 2.80. The number of ketones is 1. The van der Waals surface area contributed by atoms with Gasteiger partial charge in [-0.1, -0.05) is 18.1 Å². The van der Waals surface area contributed by atoms with E-state index in [4.69, 9.17) is 6.42 Å². The second kappa shape index (κ2) is 7.04. The molecule has 0 unspecified atom stereocenters. The van der Waals surface area contributed by atoms with E-state index in [1.165, 1.54) is 7.11 Å². The highest BCUT2D eigenvalue weighted by molar-refractivity contribution is 6.11.